The summed E-state index contributed by atoms with van der Waals surface area (Å²) in [4.78, 5) is 14.7. The van der Waals surface area contributed by atoms with Crippen molar-refractivity contribution in [2.24, 2.45) is 5.92 Å². The van der Waals surface area contributed by atoms with Gasteiger partial charge in [-0.1, -0.05) is 42.2 Å². The lowest BCUT2D eigenvalue weighted by atomic mass is 9.99. The first kappa shape index (κ1) is 33.8. The van der Waals surface area contributed by atoms with Gasteiger partial charge in [0.15, 0.2) is 0 Å². The van der Waals surface area contributed by atoms with E-state index in [1.807, 2.05) is 4.90 Å². The van der Waals surface area contributed by atoms with Crippen LogP contribution in [0.1, 0.15) is 35.1 Å². The van der Waals surface area contributed by atoms with Crippen molar-refractivity contribution in [3.8, 4) is 23.1 Å². The van der Waals surface area contributed by atoms with Crippen LogP contribution in [0.4, 0.5) is 32.0 Å². The van der Waals surface area contributed by atoms with Crippen LogP contribution in [0.25, 0.3) is 22.2 Å². The van der Waals surface area contributed by atoms with E-state index < -0.39 is 46.8 Å². The average Bonchev–Trinajstić information content (AvgIpc) is 3.43. The van der Waals surface area contributed by atoms with Crippen molar-refractivity contribution in [1.29, 1.82) is 0 Å². The second-order valence-corrected chi connectivity index (χ2v) is 11.9. The van der Waals surface area contributed by atoms with E-state index in [0.29, 0.717) is 41.1 Å². The van der Waals surface area contributed by atoms with E-state index in [1.54, 1.807) is 48.5 Å². The SMILES string of the molecule is O=C(CN1CCCC(CO)C1)Nc1cccc(C#Cc2cccc(-c3c4cccc(C(F)(F)F)c4nn3Cc3c(F)cc(F)cc3F)c2)c1. The van der Waals surface area contributed by atoms with Crippen molar-refractivity contribution >= 4 is 22.5 Å². The van der Waals surface area contributed by atoms with Gasteiger partial charge in [0.25, 0.3) is 0 Å². The molecular weight excluding hydrogens is 646 g/mol. The Bertz CT molecular complexity index is 2060. The summed E-state index contributed by atoms with van der Waals surface area (Å²) >= 11 is 0. The predicted octanol–water partition coefficient (Wildman–Crippen LogP) is 7.23. The molecule has 252 valence electrons. The number of carbonyl (C=O) groups excluding carboxylic acids is 1. The molecule has 6 nitrogen and oxygen atoms in total. The van der Waals surface area contributed by atoms with E-state index in [9.17, 15) is 36.2 Å². The standard InChI is InChI=1S/C37H30F6N4O2/c38-27-17-32(39)30(33(40)18-27)20-47-36(29-10-3-11-31(35(29)45-47)37(41,42)43)26-8-1-5-23(15-26)12-13-24-6-2-9-28(16-24)44-34(49)21-46-14-4-7-25(19-46)22-48/h1-3,5-6,8-11,15-18,25,48H,4,7,14,19-22H2,(H,44,49). The summed E-state index contributed by atoms with van der Waals surface area (Å²) in [6, 6.07) is 18.1. The van der Waals surface area contributed by atoms with Crippen LogP contribution in [0.2, 0.25) is 0 Å². The van der Waals surface area contributed by atoms with Gasteiger partial charge >= 0.3 is 6.18 Å². The monoisotopic (exact) mass is 676 g/mol. The number of benzene rings is 4. The molecule has 0 radical (unpaired) electrons. The molecule has 1 unspecified atom stereocenters. The van der Waals surface area contributed by atoms with Crippen molar-refractivity contribution < 1.29 is 36.2 Å². The van der Waals surface area contributed by atoms with Gasteiger partial charge in [-0.2, -0.15) is 18.3 Å². The Hall–Kier alpha value is -5.12. The number of carbonyl (C=O) groups is 1. The predicted molar refractivity (Wildman–Crippen MR) is 173 cm³/mol. The number of likely N-dealkylation sites (tertiary alicyclic amines) is 1. The highest BCUT2D eigenvalue weighted by molar-refractivity contribution is 5.95. The Morgan fingerprint density at radius 2 is 1.63 bits per heavy atom. The minimum Gasteiger partial charge on any atom is -0.396 e. The highest BCUT2D eigenvalue weighted by Gasteiger charge is 2.35. The molecule has 1 aliphatic rings. The number of alkyl halides is 3. The summed E-state index contributed by atoms with van der Waals surface area (Å²) in [5, 5.41) is 16.6. The van der Waals surface area contributed by atoms with Crippen LogP contribution < -0.4 is 5.32 Å². The highest BCUT2D eigenvalue weighted by Crippen LogP contribution is 2.38. The Balaban J connectivity index is 1.29. The third-order valence-electron chi connectivity index (χ3n) is 8.35. The fourth-order valence-electron chi connectivity index (χ4n) is 6.08. The number of aliphatic hydroxyl groups excluding tert-OH is 1. The third-order valence-corrected chi connectivity index (χ3v) is 8.35. The Kier molecular flexibility index (Phi) is 9.76. The zero-order chi connectivity index (χ0) is 34.7. The van der Waals surface area contributed by atoms with Crippen LogP contribution in [-0.4, -0.2) is 51.9 Å². The Labute approximate surface area is 278 Å². The molecule has 1 atom stereocenters. The van der Waals surface area contributed by atoms with Crippen LogP contribution in [0.15, 0.2) is 78.9 Å². The second-order valence-electron chi connectivity index (χ2n) is 11.9. The van der Waals surface area contributed by atoms with Gasteiger partial charge in [-0.3, -0.25) is 14.4 Å². The highest BCUT2D eigenvalue weighted by atomic mass is 19.4. The summed E-state index contributed by atoms with van der Waals surface area (Å²) < 4.78 is 85.9. The topological polar surface area (TPSA) is 70.4 Å². The molecular formula is C37H30F6N4O2. The van der Waals surface area contributed by atoms with Crippen LogP contribution in [0.3, 0.4) is 0 Å². The normalized spacial score (nSPS) is 15.2. The lowest BCUT2D eigenvalue weighted by Crippen LogP contribution is -2.41. The fraction of sp³-hybridized carbons (Fsp3) is 0.243. The molecule has 1 fully saturated rings. The molecule has 0 aliphatic carbocycles. The zero-order valence-electron chi connectivity index (χ0n) is 26.0. The van der Waals surface area contributed by atoms with Crippen LogP contribution in [0.5, 0.6) is 0 Å². The molecule has 49 heavy (non-hydrogen) atoms. The maximum atomic E-state index is 14.7. The smallest absolute Gasteiger partial charge is 0.396 e. The number of halogens is 6. The van der Waals surface area contributed by atoms with E-state index in [4.69, 9.17) is 0 Å². The van der Waals surface area contributed by atoms with Gasteiger partial charge in [0.2, 0.25) is 5.91 Å². The number of hydrogen-bond acceptors (Lipinski definition) is 4. The van der Waals surface area contributed by atoms with E-state index in [1.165, 1.54) is 12.1 Å². The second kappa shape index (κ2) is 14.2. The zero-order valence-corrected chi connectivity index (χ0v) is 26.0. The number of amides is 1. The molecule has 1 amide bonds. The lowest BCUT2D eigenvalue weighted by molar-refractivity contribution is -0.136. The first-order valence-electron chi connectivity index (χ1n) is 15.5. The first-order valence-corrected chi connectivity index (χ1v) is 15.5. The van der Waals surface area contributed by atoms with Crippen LogP contribution >= 0.6 is 0 Å². The number of aromatic nitrogens is 2. The summed E-state index contributed by atoms with van der Waals surface area (Å²) in [5.41, 5.74) is 0.205. The molecule has 4 aromatic carbocycles. The average molecular weight is 677 g/mol. The van der Waals surface area contributed by atoms with Gasteiger partial charge in [0, 0.05) is 58.6 Å². The number of rotatable bonds is 7. The van der Waals surface area contributed by atoms with Gasteiger partial charge in [0.1, 0.15) is 23.0 Å². The Morgan fingerprint density at radius 3 is 2.35 bits per heavy atom. The van der Waals surface area contributed by atoms with Crippen molar-refractivity contribution in [1.82, 2.24) is 14.7 Å². The summed E-state index contributed by atoms with van der Waals surface area (Å²) in [7, 11) is 0. The number of piperidine rings is 1. The van der Waals surface area contributed by atoms with Crippen molar-refractivity contribution in [3.05, 3.63) is 119 Å². The molecule has 1 saturated heterocycles. The van der Waals surface area contributed by atoms with Crippen LogP contribution in [-0.2, 0) is 17.5 Å². The van der Waals surface area contributed by atoms with E-state index in [-0.39, 0.29) is 36.1 Å². The summed E-state index contributed by atoms with van der Waals surface area (Å²) in [5.74, 6) is 2.53. The molecule has 0 bridgehead atoms. The van der Waals surface area contributed by atoms with E-state index in [2.05, 4.69) is 22.3 Å². The summed E-state index contributed by atoms with van der Waals surface area (Å²) in [6.07, 6.45) is -2.89. The van der Waals surface area contributed by atoms with Crippen molar-refractivity contribution in [3.63, 3.8) is 0 Å². The molecule has 0 spiro atoms. The van der Waals surface area contributed by atoms with Gasteiger partial charge in [0.05, 0.1) is 24.3 Å². The quantitative estimate of drug-likeness (QED) is 0.141. The van der Waals surface area contributed by atoms with Crippen molar-refractivity contribution in [2.45, 2.75) is 25.6 Å². The molecule has 0 saturated carbocycles. The van der Waals surface area contributed by atoms with Crippen molar-refractivity contribution in [2.75, 3.05) is 31.6 Å². The lowest BCUT2D eigenvalue weighted by Gasteiger charge is -2.31. The van der Waals surface area contributed by atoms with Gasteiger partial charge in [-0.05, 0) is 61.7 Å². The van der Waals surface area contributed by atoms with Crippen LogP contribution in [0, 0.1) is 35.2 Å². The van der Waals surface area contributed by atoms with Gasteiger partial charge in [-0.25, -0.2) is 13.2 Å². The number of nitrogens with one attached hydrogen (secondary N) is 1. The molecule has 5 aromatic rings. The molecule has 12 heteroatoms. The molecule has 1 aromatic heterocycles. The summed E-state index contributed by atoms with van der Waals surface area (Å²) in [6.45, 7) is 1.14. The third kappa shape index (κ3) is 7.80. The maximum Gasteiger partial charge on any atom is 0.418 e. The number of fused-ring (bicyclic) bond motifs is 1. The maximum absolute atomic E-state index is 14.7. The number of nitrogens with zero attached hydrogens (tertiary/aromatic N) is 3. The number of hydrogen-bond donors (Lipinski definition) is 2. The van der Waals surface area contributed by atoms with E-state index in [0.717, 1.165) is 30.1 Å². The van der Waals surface area contributed by atoms with E-state index >= 15 is 0 Å². The first-order chi connectivity index (χ1) is 23.5. The van der Waals surface area contributed by atoms with Gasteiger partial charge < -0.3 is 10.4 Å². The largest absolute Gasteiger partial charge is 0.418 e. The molecule has 2 heterocycles. The Morgan fingerprint density at radius 1 is 0.939 bits per heavy atom. The van der Waals surface area contributed by atoms with Gasteiger partial charge in [-0.15, -0.1) is 0 Å². The molecule has 1 aliphatic heterocycles. The minimum atomic E-state index is -4.75. The number of anilines is 1. The molecule has 6 rings (SSSR count). The minimum absolute atomic E-state index is 0.0942. The number of aliphatic hydroxyl groups is 1. The molecule has 2 N–H and O–H groups in total. The fourth-order valence-corrected chi connectivity index (χ4v) is 6.08.